The van der Waals surface area contributed by atoms with E-state index in [1.807, 2.05) is 32.9 Å². The molecule has 0 atom stereocenters. The van der Waals surface area contributed by atoms with Gasteiger partial charge in [0.25, 0.3) is 0 Å². The molecule has 0 bridgehead atoms. The highest BCUT2D eigenvalue weighted by Gasteiger charge is 2.12. The number of nitrogens with zero attached hydrogens (tertiary/aromatic N) is 1. The summed E-state index contributed by atoms with van der Waals surface area (Å²) in [6.45, 7) is 6.49. The van der Waals surface area contributed by atoms with Gasteiger partial charge in [-0.15, -0.1) is 0 Å². The quantitative estimate of drug-likeness (QED) is 0.798. The molecule has 1 heterocycles. The van der Waals surface area contributed by atoms with Crippen molar-refractivity contribution in [2.75, 3.05) is 0 Å². The van der Waals surface area contributed by atoms with E-state index in [0.717, 1.165) is 5.56 Å². The van der Waals surface area contributed by atoms with Gasteiger partial charge >= 0.3 is 0 Å². The van der Waals surface area contributed by atoms with Gasteiger partial charge in [0.2, 0.25) is 0 Å². The first-order chi connectivity index (χ1) is 6.90. The Morgan fingerprint density at radius 2 is 2.20 bits per heavy atom. The zero-order chi connectivity index (χ0) is 11.5. The lowest BCUT2D eigenvalue weighted by Crippen LogP contribution is -2.21. The molecule has 82 valence electrons. The van der Waals surface area contributed by atoms with Gasteiger partial charge in [-0.3, -0.25) is 4.98 Å². The molecule has 0 spiro atoms. The fourth-order valence-electron chi connectivity index (χ4n) is 1.07. The Morgan fingerprint density at radius 3 is 2.73 bits per heavy atom. The molecule has 0 amide bonds. The number of pyridine rings is 1. The minimum absolute atomic E-state index is 0.177. The first-order valence-electron chi connectivity index (χ1n) is 4.78. The second-order valence-electron chi connectivity index (χ2n) is 4.28. The predicted octanol–water partition coefficient (Wildman–Crippen LogP) is 2.03. The van der Waals surface area contributed by atoms with Gasteiger partial charge in [0.15, 0.2) is 0 Å². The van der Waals surface area contributed by atoms with E-state index < -0.39 is 0 Å². The van der Waals surface area contributed by atoms with Gasteiger partial charge in [0.05, 0.1) is 12.2 Å². The summed E-state index contributed by atoms with van der Waals surface area (Å²) in [5.41, 5.74) is 6.97. The number of hydrogen-bond acceptors (Lipinski definition) is 3. The van der Waals surface area contributed by atoms with Crippen molar-refractivity contribution in [2.24, 2.45) is 5.73 Å². The Balaban J connectivity index is 2.81. The van der Waals surface area contributed by atoms with Gasteiger partial charge in [-0.25, -0.2) is 0 Å². The van der Waals surface area contributed by atoms with Crippen molar-refractivity contribution >= 4 is 17.2 Å². The van der Waals surface area contributed by atoms with Crippen LogP contribution in [-0.4, -0.2) is 15.6 Å². The number of aromatic nitrogens is 1. The summed E-state index contributed by atoms with van der Waals surface area (Å²) in [5, 5.41) is 0. The average Bonchev–Trinajstić information content (AvgIpc) is 2.14. The van der Waals surface area contributed by atoms with Crippen LogP contribution in [0.4, 0.5) is 0 Å². The molecule has 4 heteroatoms. The van der Waals surface area contributed by atoms with E-state index >= 15 is 0 Å². The second-order valence-corrected chi connectivity index (χ2v) is 4.72. The summed E-state index contributed by atoms with van der Waals surface area (Å²) < 4.78 is 5.65. The molecule has 0 unspecified atom stereocenters. The maximum absolute atomic E-state index is 5.65. The molecule has 1 aromatic rings. The highest BCUT2D eigenvalue weighted by molar-refractivity contribution is 7.80. The lowest BCUT2D eigenvalue weighted by molar-refractivity contribution is -0.0151. The van der Waals surface area contributed by atoms with Gasteiger partial charge in [0, 0.05) is 11.8 Å². The van der Waals surface area contributed by atoms with Crippen LogP contribution < -0.4 is 5.73 Å². The lowest BCUT2D eigenvalue weighted by atomic mass is 10.1. The van der Waals surface area contributed by atoms with Crippen LogP contribution in [0.25, 0.3) is 0 Å². The van der Waals surface area contributed by atoms with E-state index in [-0.39, 0.29) is 5.60 Å². The number of hydrogen-bond donors (Lipinski definition) is 1. The van der Waals surface area contributed by atoms with E-state index in [9.17, 15) is 0 Å². The first-order valence-corrected chi connectivity index (χ1v) is 5.18. The summed E-state index contributed by atoms with van der Waals surface area (Å²) in [5.74, 6) is 0. The van der Waals surface area contributed by atoms with E-state index in [4.69, 9.17) is 22.7 Å². The fourth-order valence-corrected chi connectivity index (χ4v) is 1.25. The average molecular weight is 224 g/mol. The van der Waals surface area contributed by atoms with Gasteiger partial charge < -0.3 is 10.5 Å². The van der Waals surface area contributed by atoms with Crippen LogP contribution in [0.5, 0.6) is 0 Å². The van der Waals surface area contributed by atoms with Crippen molar-refractivity contribution in [3.8, 4) is 0 Å². The van der Waals surface area contributed by atoms with Crippen molar-refractivity contribution in [2.45, 2.75) is 33.0 Å². The molecule has 0 aliphatic carbocycles. The Kier molecular flexibility index (Phi) is 3.77. The van der Waals surface area contributed by atoms with Crippen LogP contribution in [0.15, 0.2) is 18.3 Å². The standard InChI is InChI=1S/C11H16N2OS/c1-11(2,3)14-7-8-5-4-6-13-9(8)10(12)15/h4-6H,7H2,1-3H3,(H2,12,15). The van der Waals surface area contributed by atoms with Crippen LogP contribution in [0, 0.1) is 0 Å². The van der Waals surface area contributed by atoms with Crippen molar-refractivity contribution < 1.29 is 4.74 Å². The second kappa shape index (κ2) is 4.68. The smallest absolute Gasteiger partial charge is 0.123 e. The Bertz CT molecular complexity index is 358. The molecule has 15 heavy (non-hydrogen) atoms. The molecule has 0 aliphatic rings. The van der Waals surface area contributed by atoms with Crippen molar-refractivity contribution in [3.63, 3.8) is 0 Å². The Labute approximate surface area is 95.7 Å². The monoisotopic (exact) mass is 224 g/mol. The first kappa shape index (κ1) is 12.1. The van der Waals surface area contributed by atoms with Crippen LogP contribution in [-0.2, 0) is 11.3 Å². The molecule has 3 nitrogen and oxygen atoms in total. The van der Waals surface area contributed by atoms with Crippen molar-refractivity contribution in [1.29, 1.82) is 0 Å². The molecule has 0 saturated carbocycles. The summed E-state index contributed by atoms with van der Waals surface area (Å²) in [4.78, 5) is 4.44. The third-order valence-corrected chi connectivity index (χ3v) is 1.98. The predicted molar refractivity (Wildman–Crippen MR) is 64.7 cm³/mol. The van der Waals surface area contributed by atoms with E-state index in [0.29, 0.717) is 17.3 Å². The maximum Gasteiger partial charge on any atom is 0.123 e. The zero-order valence-electron chi connectivity index (χ0n) is 9.28. The molecular formula is C11H16N2OS. The molecule has 0 radical (unpaired) electrons. The van der Waals surface area contributed by atoms with Crippen molar-refractivity contribution in [3.05, 3.63) is 29.6 Å². The highest BCUT2D eigenvalue weighted by atomic mass is 32.1. The number of rotatable bonds is 3. The van der Waals surface area contributed by atoms with Crippen molar-refractivity contribution in [1.82, 2.24) is 4.98 Å². The van der Waals surface area contributed by atoms with Gasteiger partial charge in [0.1, 0.15) is 10.7 Å². The molecule has 0 saturated heterocycles. The third-order valence-electron chi connectivity index (χ3n) is 1.79. The Hall–Kier alpha value is -1.00. The topological polar surface area (TPSA) is 48.1 Å². The van der Waals surface area contributed by atoms with Crippen LogP contribution >= 0.6 is 12.2 Å². The van der Waals surface area contributed by atoms with E-state index in [1.54, 1.807) is 6.20 Å². The number of nitrogens with two attached hydrogens (primary N) is 1. The summed E-state index contributed by atoms with van der Waals surface area (Å²) in [7, 11) is 0. The largest absolute Gasteiger partial charge is 0.388 e. The number of ether oxygens (including phenoxy) is 1. The highest BCUT2D eigenvalue weighted by Crippen LogP contribution is 2.13. The number of thiocarbonyl (C=S) groups is 1. The summed E-state index contributed by atoms with van der Waals surface area (Å²) >= 11 is 4.92. The normalized spacial score (nSPS) is 11.4. The van der Waals surface area contributed by atoms with E-state index in [2.05, 4.69) is 4.98 Å². The minimum atomic E-state index is -0.177. The molecule has 0 fully saturated rings. The molecule has 0 aliphatic heterocycles. The lowest BCUT2D eigenvalue weighted by Gasteiger charge is -2.20. The van der Waals surface area contributed by atoms with E-state index in [1.165, 1.54) is 0 Å². The van der Waals surface area contributed by atoms with Gasteiger partial charge in [-0.1, -0.05) is 18.3 Å². The van der Waals surface area contributed by atoms with Crippen LogP contribution in [0.1, 0.15) is 32.0 Å². The molecule has 0 aromatic carbocycles. The zero-order valence-corrected chi connectivity index (χ0v) is 10.1. The molecular weight excluding hydrogens is 208 g/mol. The van der Waals surface area contributed by atoms with Crippen LogP contribution in [0.3, 0.4) is 0 Å². The molecule has 2 N–H and O–H groups in total. The SMILES string of the molecule is CC(C)(C)OCc1cccnc1C(N)=S. The Morgan fingerprint density at radius 1 is 1.53 bits per heavy atom. The van der Waals surface area contributed by atoms with Gasteiger partial charge in [-0.05, 0) is 26.8 Å². The molecule has 1 rings (SSSR count). The summed E-state index contributed by atoms with van der Waals surface area (Å²) in [6, 6.07) is 3.77. The van der Waals surface area contributed by atoms with Crippen LogP contribution in [0.2, 0.25) is 0 Å². The summed E-state index contributed by atoms with van der Waals surface area (Å²) in [6.07, 6.45) is 1.68. The fraction of sp³-hybridized carbons (Fsp3) is 0.455. The van der Waals surface area contributed by atoms with Gasteiger partial charge in [-0.2, -0.15) is 0 Å². The maximum atomic E-state index is 5.65. The molecule has 1 aromatic heterocycles. The minimum Gasteiger partial charge on any atom is -0.388 e. The third kappa shape index (κ3) is 3.93.